The lowest BCUT2D eigenvalue weighted by Gasteiger charge is -2.27. The van der Waals surface area contributed by atoms with Crippen LogP contribution in [0.2, 0.25) is 5.02 Å². The van der Waals surface area contributed by atoms with E-state index in [0.29, 0.717) is 76.5 Å². The second-order valence-electron chi connectivity index (χ2n) is 12.5. The molecule has 1 aliphatic rings. The van der Waals surface area contributed by atoms with E-state index in [2.05, 4.69) is 10.3 Å². The van der Waals surface area contributed by atoms with Crippen molar-refractivity contribution in [3.63, 3.8) is 0 Å². The van der Waals surface area contributed by atoms with Gasteiger partial charge in [0.05, 0.1) is 77.2 Å². The molecule has 12 nitrogen and oxygen atoms in total. The van der Waals surface area contributed by atoms with Crippen molar-refractivity contribution in [2.75, 3.05) is 52.8 Å². The van der Waals surface area contributed by atoms with E-state index in [1.54, 1.807) is 32.3 Å². The Kier molecular flexibility index (Phi) is 12.6. The Morgan fingerprint density at radius 2 is 1.58 bits per heavy atom. The highest BCUT2D eigenvalue weighted by Gasteiger charge is 2.34. The summed E-state index contributed by atoms with van der Waals surface area (Å²) in [6, 6.07) is 14.5. The molecule has 0 saturated carbocycles. The van der Waals surface area contributed by atoms with Gasteiger partial charge in [-0.3, -0.25) is 14.3 Å². The molecule has 0 spiro atoms. The van der Waals surface area contributed by atoms with Crippen LogP contribution in [0.15, 0.2) is 60.9 Å². The van der Waals surface area contributed by atoms with Crippen LogP contribution >= 0.6 is 11.6 Å². The number of likely N-dealkylation sites (tertiary alicyclic amines) is 1. The maximum atomic E-state index is 13.1. The van der Waals surface area contributed by atoms with Crippen LogP contribution in [-0.2, 0) is 36.8 Å². The van der Waals surface area contributed by atoms with Crippen molar-refractivity contribution in [2.45, 2.75) is 58.4 Å². The fraction of sp³-hybridized carbons (Fsp3) is 0.486. The molecule has 1 atom stereocenters. The summed E-state index contributed by atoms with van der Waals surface area (Å²) in [5.41, 5.74) is 2.49. The number of carbonyl (C=O) groups excluding carboxylic acids is 2. The van der Waals surface area contributed by atoms with Crippen molar-refractivity contribution in [1.82, 2.24) is 24.5 Å². The van der Waals surface area contributed by atoms with E-state index in [0.717, 1.165) is 35.0 Å². The molecule has 0 N–H and O–H groups in total. The Morgan fingerprint density at radius 1 is 0.896 bits per heavy atom. The first-order valence-corrected chi connectivity index (χ1v) is 16.7. The number of hydrogen-bond acceptors (Lipinski definition) is 9. The first-order chi connectivity index (χ1) is 23.2. The van der Waals surface area contributed by atoms with Crippen LogP contribution in [0.4, 0.5) is 4.79 Å². The van der Waals surface area contributed by atoms with Gasteiger partial charge in [0.15, 0.2) is 0 Å². The maximum Gasteiger partial charge on any atom is 0.410 e. The van der Waals surface area contributed by atoms with Gasteiger partial charge in [-0.05, 0) is 63.9 Å². The van der Waals surface area contributed by atoms with E-state index in [1.807, 2.05) is 63.5 Å². The summed E-state index contributed by atoms with van der Waals surface area (Å²) in [6.07, 6.45) is 5.11. The van der Waals surface area contributed by atoms with Crippen LogP contribution < -0.4 is 0 Å². The molecule has 258 valence electrons. The van der Waals surface area contributed by atoms with Gasteiger partial charge in [-0.25, -0.2) is 9.48 Å². The molecule has 48 heavy (non-hydrogen) atoms. The topological polar surface area (TPSA) is 119 Å². The molecule has 5 rings (SSSR count). The first-order valence-electron chi connectivity index (χ1n) is 16.3. The minimum absolute atomic E-state index is 0.110. The summed E-state index contributed by atoms with van der Waals surface area (Å²) >= 11 is 6.25. The smallest absolute Gasteiger partial charge is 0.410 e. The number of fused-ring (bicyclic) bond motifs is 1. The molecule has 1 fully saturated rings. The first kappa shape index (κ1) is 35.5. The van der Waals surface area contributed by atoms with Crippen LogP contribution in [-0.4, -0.2) is 94.9 Å². The van der Waals surface area contributed by atoms with Gasteiger partial charge in [-0.2, -0.15) is 0 Å². The average molecular weight is 682 g/mol. The Labute approximate surface area is 285 Å². The molecule has 1 saturated heterocycles. The van der Waals surface area contributed by atoms with Gasteiger partial charge in [0.2, 0.25) is 0 Å². The van der Waals surface area contributed by atoms with Crippen LogP contribution in [0, 0.1) is 0 Å². The van der Waals surface area contributed by atoms with Crippen molar-refractivity contribution in [1.29, 1.82) is 0 Å². The SMILES string of the molecule is CC(C)(C)OC(=O)N1CCCC1c1cn(CCOCCOCCOCCOCc2cn(C(=O)c3ccccc3)c3ccc(Cl)cc23)nn1. The third kappa shape index (κ3) is 9.86. The molecule has 2 aromatic heterocycles. The molecular weight excluding hydrogens is 638 g/mol. The minimum Gasteiger partial charge on any atom is -0.444 e. The van der Waals surface area contributed by atoms with Crippen molar-refractivity contribution in [2.24, 2.45) is 0 Å². The predicted molar refractivity (Wildman–Crippen MR) is 180 cm³/mol. The summed E-state index contributed by atoms with van der Waals surface area (Å²) in [7, 11) is 0. The van der Waals surface area contributed by atoms with Crippen LogP contribution in [0.1, 0.15) is 61.3 Å². The van der Waals surface area contributed by atoms with Crippen molar-refractivity contribution in [3.05, 3.63) is 82.8 Å². The number of amides is 1. The highest BCUT2D eigenvalue weighted by Crippen LogP contribution is 2.32. The number of benzene rings is 2. The molecular formula is C35H44ClN5O7. The Hall–Kier alpha value is -3.81. The summed E-state index contributed by atoms with van der Waals surface area (Å²) in [5.74, 6) is -0.110. The fourth-order valence-corrected chi connectivity index (χ4v) is 5.63. The predicted octanol–water partition coefficient (Wildman–Crippen LogP) is 5.91. The molecule has 0 bridgehead atoms. The Morgan fingerprint density at radius 3 is 2.29 bits per heavy atom. The number of hydrogen-bond donors (Lipinski definition) is 0. The molecule has 1 amide bonds. The van der Waals surface area contributed by atoms with Gasteiger partial charge in [-0.1, -0.05) is 35.0 Å². The summed E-state index contributed by atoms with van der Waals surface area (Å²) < 4.78 is 31.7. The molecule has 3 heterocycles. The minimum atomic E-state index is -0.541. The number of ether oxygens (including phenoxy) is 5. The van der Waals surface area contributed by atoms with Crippen LogP contribution in [0.3, 0.4) is 0 Å². The molecule has 1 aliphatic heterocycles. The van der Waals surface area contributed by atoms with Gasteiger partial charge < -0.3 is 23.7 Å². The zero-order valence-electron chi connectivity index (χ0n) is 27.8. The van der Waals surface area contributed by atoms with Gasteiger partial charge in [0.1, 0.15) is 11.3 Å². The molecule has 0 radical (unpaired) electrons. The van der Waals surface area contributed by atoms with Gasteiger partial charge in [0.25, 0.3) is 5.91 Å². The monoisotopic (exact) mass is 681 g/mol. The van der Waals surface area contributed by atoms with E-state index in [4.69, 9.17) is 35.3 Å². The lowest BCUT2D eigenvalue weighted by atomic mass is 10.1. The fourth-order valence-electron chi connectivity index (χ4n) is 5.46. The molecule has 1 unspecified atom stereocenters. The van der Waals surface area contributed by atoms with E-state index in [9.17, 15) is 9.59 Å². The van der Waals surface area contributed by atoms with E-state index >= 15 is 0 Å². The number of rotatable bonds is 16. The zero-order chi connectivity index (χ0) is 33.9. The summed E-state index contributed by atoms with van der Waals surface area (Å²) in [4.78, 5) is 27.4. The van der Waals surface area contributed by atoms with Crippen LogP contribution in [0.25, 0.3) is 10.9 Å². The average Bonchev–Trinajstić information content (AvgIpc) is 3.81. The normalized spacial score (nSPS) is 15.0. The van der Waals surface area contributed by atoms with Crippen molar-refractivity contribution < 1.29 is 33.3 Å². The summed E-state index contributed by atoms with van der Waals surface area (Å²) in [6.45, 7) is 10.2. The number of halogens is 1. The lowest BCUT2D eigenvalue weighted by Crippen LogP contribution is -2.36. The Bertz CT molecular complexity index is 1640. The standard InChI is InChI=1S/C35H44ClN5O7/c1-35(2,3)48-34(43)40-13-7-10-32(40)30-24-39(38-37-30)14-15-44-16-17-45-18-19-46-20-21-47-25-27-23-41(31-12-11-28(36)22-29(27)31)33(42)26-8-5-4-6-9-26/h4-6,8-9,11-12,22-24,32H,7,10,13-21,25H2,1-3H3. The number of aromatic nitrogens is 4. The lowest BCUT2D eigenvalue weighted by molar-refractivity contribution is -0.00487. The quantitative estimate of drug-likeness (QED) is 0.133. The second-order valence-corrected chi connectivity index (χ2v) is 12.9. The molecule has 2 aromatic carbocycles. The molecule has 4 aromatic rings. The largest absolute Gasteiger partial charge is 0.444 e. The van der Waals surface area contributed by atoms with Gasteiger partial charge in [0, 0.05) is 34.3 Å². The molecule has 0 aliphatic carbocycles. The van der Waals surface area contributed by atoms with Crippen molar-refractivity contribution in [3.8, 4) is 0 Å². The zero-order valence-corrected chi connectivity index (χ0v) is 28.6. The van der Waals surface area contributed by atoms with Crippen LogP contribution in [0.5, 0.6) is 0 Å². The molecule has 13 heteroatoms. The number of carbonyl (C=O) groups is 2. The van der Waals surface area contributed by atoms with Crippen molar-refractivity contribution >= 4 is 34.5 Å². The maximum absolute atomic E-state index is 13.1. The van der Waals surface area contributed by atoms with E-state index < -0.39 is 5.60 Å². The summed E-state index contributed by atoms with van der Waals surface area (Å²) in [5, 5.41) is 9.97. The Balaban J connectivity index is 0.920. The third-order valence-electron chi connectivity index (χ3n) is 7.71. The highest BCUT2D eigenvalue weighted by atomic mass is 35.5. The van der Waals surface area contributed by atoms with E-state index in [1.165, 1.54) is 0 Å². The van der Waals surface area contributed by atoms with E-state index in [-0.39, 0.29) is 18.0 Å². The second kappa shape index (κ2) is 17.0. The third-order valence-corrected chi connectivity index (χ3v) is 7.94. The highest BCUT2D eigenvalue weighted by molar-refractivity contribution is 6.31. The number of nitrogens with zero attached hydrogens (tertiary/aromatic N) is 5. The van der Waals surface area contributed by atoms with Gasteiger partial charge in [-0.15, -0.1) is 5.10 Å². The van der Waals surface area contributed by atoms with Gasteiger partial charge >= 0.3 is 6.09 Å².